The minimum Gasteiger partial charge on any atom is -0.504 e. The lowest BCUT2D eigenvalue weighted by molar-refractivity contribution is 0.367. The summed E-state index contributed by atoms with van der Waals surface area (Å²) in [6, 6.07) is 6.51. The summed E-state index contributed by atoms with van der Waals surface area (Å²) in [6.07, 6.45) is 6.85. The maximum atomic E-state index is 10.2. The number of nitrogens with zero attached hydrogens (tertiary/aromatic N) is 2. The SMILES string of the molecule is Oc1cc(C(c2c[nH]c3c(Cl)nccc23)c2c[nH]c3c(Cl)nccc23)cc(O)c1O. The normalized spacial score (nSPS) is 11.7. The van der Waals surface area contributed by atoms with Gasteiger partial charge in [0.2, 0.25) is 0 Å². The molecule has 0 aliphatic carbocycles. The van der Waals surface area contributed by atoms with Gasteiger partial charge in [-0.1, -0.05) is 23.2 Å². The summed E-state index contributed by atoms with van der Waals surface area (Å²) < 4.78 is 0. The Labute approximate surface area is 179 Å². The van der Waals surface area contributed by atoms with E-state index >= 15 is 0 Å². The number of halogens is 2. The second kappa shape index (κ2) is 6.83. The van der Waals surface area contributed by atoms with Crippen LogP contribution in [0.5, 0.6) is 17.2 Å². The van der Waals surface area contributed by atoms with E-state index in [9.17, 15) is 15.3 Å². The number of aromatic hydroxyl groups is 3. The Morgan fingerprint density at radius 3 is 1.70 bits per heavy atom. The Morgan fingerprint density at radius 1 is 0.767 bits per heavy atom. The summed E-state index contributed by atoms with van der Waals surface area (Å²) in [5.74, 6) is -1.86. The average Bonchev–Trinajstić information content (AvgIpc) is 3.34. The lowest BCUT2D eigenvalue weighted by atomic mass is 9.84. The highest BCUT2D eigenvalue weighted by Crippen LogP contribution is 2.45. The number of pyridine rings is 2. The van der Waals surface area contributed by atoms with Crippen LogP contribution in [0.1, 0.15) is 22.6 Å². The molecule has 7 nitrogen and oxygen atoms in total. The van der Waals surface area contributed by atoms with Gasteiger partial charge in [0.15, 0.2) is 27.6 Å². The number of hydrogen-bond acceptors (Lipinski definition) is 5. The molecule has 1 aromatic carbocycles. The molecule has 4 heterocycles. The van der Waals surface area contributed by atoms with Crippen molar-refractivity contribution in [1.29, 1.82) is 0 Å². The zero-order valence-electron chi connectivity index (χ0n) is 15.2. The lowest BCUT2D eigenvalue weighted by Crippen LogP contribution is -2.02. The van der Waals surface area contributed by atoms with Crippen molar-refractivity contribution in [1.82, 2.24) is 19.9 Å². The number of H-pyrrole nitrogens is 2. The molecule has 0 aliphatic heterocycles. The number of nitrogens with one attached hydrogen (secondary N) is 2. The van der Waals surface area contributed by atoms with Crippen molar-refractivity contribution in [2.45, 2.75) is 5.92 Å². The number of phenolic OH excluding ortho intramolecular Hbond substituents is 3. The number of aromatic nitrogens is 4. The van der Waals surface area contributed by atoms with Gasteiger partial charge in [0.1, 0.15) is 0 Å². The van der Waals surface area contributed by atoms with Gasteiger partial charge in [-0.25, -0.2) is 9.97 Å². The number of rotatable bonds is 3. The van der Waals surface area contributed by atoms with Gasteiger partial charge in [-0.15, -0.1) is 0 Å². The molecule has 0 amide bonds. The molecule has 0 spiro atoms. The molecule has 0 aliphatic rings. The Morgan fingerprint density at radius 2 is 1.23 bits per heavy atom. The van der Waals surface area contributed by atoms with Crippen molar-refractivity contribution >= 4 is 45.0 Å². The summed E-state index contributed by atoms with van der Waals surface area (Å²) >= 11 is 12.5. The molecule has 5 N–H and O–H groups in total. The Hall–Kier alpha value is -3.42. The van der Waals surface area contributed by atoms with E-state index in [4.69, 9.17) is 23.2 Å². The molecule has 0 atom stereocenters. The number of aromatic amines is 2. The highest BCUT2D eigenvalue weighted by atomic mass is 35.5. The Kier molecular flexibility index (Phi) is 4.23. The van der Waals surface area contributed by atoms with Crippen LogP contribution in [0.25, 0.3) is 21.8 Å². The van der Waals surface area contributed by atoms with Crippen molar-refractivity contribution in [3.63, 3.8) is 0 Å². The minimum atomic E-state index is -0.574. The van der Waals surface area contributed by atoms with Crippen LogP contribution in [0.15, 0.2) is 49.1 Å². The predicted molar refractivity (Wildman–Crippen MR) is 115 cm³/mol. The highest BCUT2D eigenvalue weighted by Gasteiger charge is 2.26. The largest absolute Gasteiger partial charge is 0.504 e. The van der Waals surface area contributed by atoms with Crippen LogP contribution in [0.3, 0.4) is 0 Å². The van der Waals surface area contributed by atoms with Crippen molar-refractivity contribution in [3.05, 3.63) is 76.0 Å². The predicted octanol–water partition coefficient (Wildman–Crippen LogP) is 5.04. The molecular formula is C21H14Cl2N4O3. The second-order valence-corrected chi connectivity index (χ2v) is 7.59. The molecule has 0 bridgehead atoms. The standard InChI is InChI=1S/C21H14Cl2N4O3/c22-20-17-10(1-3-24-20)12(7-26-17)16(9-5-14(28)19(30)15(29)6-9)13-8-27-18-11(13)2-4-25-21(18)23/h1-8,16,26-30H. The van der Waals surface area contributed by atoms with Gasteiger partial charge in [-0.3, -0.25) is 0 Å². The highest BCUT2D eigenvalue weighted by molar-refractivity contribution is 6.34. The van der Waals surface area contributed by atoms with Crippen LogP contribution < -0.4 is 0 Å². The summed E-state index contributed by atoms with van der Waals surface area (Å²) in [4.78, 5) is 14.5. The maximum Gasteiger partial charge on any atom is 0.200 e. The molecule has 30 heavy (non-hydrogen) atoms. The van der Waals surface area contributed by atoms with E-state index in [0.717, 1.165) is 21.9 Å². The number of benzene rings is 1. The molecular weight excluding hydrogens is 427 g/mol. The maximum absolute atomic E-state index is 10.2. The number of phenols is 3. The number of hydrogen-bond donors (Lipinski definition) is 5. The molecule has 4 aromatic heterocycles. The van der Waals surface area contributed by atoms with E-state index in [1.807, 2.05) is 24.5 Å². The molecule has 0 fully saturated rings. The van der Waals surface area contributed by atoms with E-state index in [1.165, 1.54) is 12.1 Å². The molecule has 150 valence electrons. The summed E-state index contributed by atoms with van der Waals surface area (Å²) in [7, 11) is 0. The molecule has 0 saturated heterocycles. The lowest BCUT2D eigenvalue weighted by Gasteiger charge is -2.18. The fraction of sp³-hybridized carbons (Fsp3) is 0.0476. The van der Waals surface area contributed by atoms with Gasteiger partial charge in [-0.05, 0) is 41.0 Å². The molecule has 5 rings (SSSR count). The fourth-order valence-electron chi connectivity index (χ4n) is 3.88. The van der Waals surface area contributed by atoms with Crippen molar-refractivity contribution in [2.24, 2.45) is 0 Å². The van der Waals surface area contributed by atoms with E-state index in [0.29, 0.717) is 26.9 Å². The second-order valence-electron chi connectivity index (χ2n) is 6.88. The molecule has 5 aromatic rings. The molecule has 0 unspecified atom stereocenters. The smallest absolute Gasteiger partial charge is 0.200 e. The third-order valence-electron chi connectivity index (χ3n) is 5.22. The first-order valence-electron chi connectivity index (χ1n) is 8.93. The first-order valence-corrected chi connectivity index (χ1v) is 9.69. The number of fused-ring (bicyclic) bond motifs is 2. The van der Waals surface area contributed by atoms with Crippen LogP contribution in [0.2, 0.25) is 10.3 Å². The zero-order valence-corrected chi connectivity index (χ0v) is 16.7. The van der Waals surface area contributed by atoms with Crippen molar-refractivity contribution in [2.75, 3.05) is 0 Å². The van der Waals surface area contributed by atoms with Crippen LogP contribution >= 0.6 is 23.2 Å². The first kappa shape index (κ1) is 18.6. The van der Waals surface area contributed by atoms with E-state index in [2.05, 4.69) is 19.9 Å². The van der Waals surface area contributed by atoms with E-state index in [1.54, 1.807) is 12.4 Å². The van der Waals surface area contributed by atoms with Gasteiger partial charge in [0.05, 0.1) is 11.0 Å². The van der Waals surface area contributed by atoms with Crippen LogP contribution in [0, 0.1) is 0 Å². The van der Waals surface area contributed by atoms with Crippen molar-refractivity contribution < 1.29 is 15.3 Å². The van der Waals surface area contributed by atoms with Crippen LogP contribution in [0.4, 0.5) is 0 Å². The van der Waals surface area contributed by atoms with E-state index in [-0.39, 0.29) is 0 Å². The molecule has 0 radical (unpaired) electrons. The van der Waals surface area contributed by atoms with E-state index < -0.39 is 23.2 Å². The summed E-state index contributed by atoms with van der Waals surface area (Å²) in [5.41, 5.74) is 3.59. The monoisotopic (exact) mass is 440 g/mol. The Bertz CT molecular complexity index is 1320. The van der Waals surface area contributed by atoms with Crippen molar-refractivity contribution in [3.8, 4) is 17.2 Å². The van der Waals surface area contributed by atoms with Gasteiger partial charge in [0, 0.05) is 41.5 Å². The topological polar surface area (TPSA) is 118 Å². The first-order chi connectivity index (χ1) is 14.5. The Balaban J connectivity index is 1.84. The molecule has 9 heteroatoms. The van der Waals surface area contributed by atoms with Crippen LogP contribution in [-0.2, 0) is 0 Å². The van der Waals surface area contributed by atoms with Gasteiger partial charge in [-0.2, -0.15) is 0 Å². The third kappa shape index (κ3) is 2.74. The average molecular weight is 441 g/mol. The molecule has 0 saturated carbocycles. The minimum absolute atomic E-state index is 0.333. The summed E-state index contributed by atoms with van der Waals surface area (Å²) in [6.45, 7) is 0. The van der Waals surface area contributed by atoms with Gasteiger partial charge >= 0.3 is 0 Å². The van der Waals surface area contributed by atoms with Gasteiger partial charge < -0.3 is 25.3 Å². The fourth-order valence-corrected chi connectivity index (χ4v) is 4.31. The third-order valence-corrected chi connectivity index (χ3v) is 5.80. The quantitative estimate of drug-likeness (QED) is 0.199. The summed E-state index contributed by atoms with van der Waals surface area (Å²) in [5, 5.41) is 32.5. The van der Waals surface area contributed by atoms with Crippen LogP contribution in [-0.4, -0.2) is 35.3 Å². The zero-order chi connectivity index (χ0) is 21.0. The van der Waals surface area contributed by atoms with Gasteiger partial charge in [0.25, 0.3) is 0 Å².